The van der Waals surface area contributed by atoms with Gasteiger partial charge >= 0.3 is 0 Å². The van der Waals surface area contributed by atoms with E-state index < -0.39 is 6.17 Å². The van der Waals surface area contributed by atoms with E-state index in [2.05, 4.69) is 15.1 Å². The maximum atomic E-state index is 13.7. The monoisotopic (exact) mass is 377 g/mol. The molecule has 0 bridgehead atoms. The van der Waals surface area contributed by atoms with Gasteiger partial charge in [0.05, 0.1) is 12.2 Å². The van der Waals surface area contributed by atoms with Crippen molar-refractivity contribution >= 4 is 23.3 Å². The lowest BCUT2D eigenvalue weighted by Crippen LogP contribution is -2.49. The van der Waals surface area contributed by atoms with Crippen LogP contribution in [0.5, 0.6) is 0 Å². The number of rotatable bonds is 2. The molecule has 1 unspecified atom stereocenters. The SMILES string of the molecule is CC(=O)N1CCN(c2c(C)nc3nc(N4CCCC(F)C4)[nH]n3c2=O)CC1. The Labute approximate surface area is 155 Å². The molecule has 4 rings (SSSR count). The molecule has 1 amide bonds. The number of piperidine rings is 1. The predicted molar refractivity (Wildman–Crippen MR) is 99.2 cm³/mol. The number of halogens is 1. The first-order chi connectivity index (χ1) is 12.9. The summed E-state index contributed by atoms with van der Waals surface area (Å²) >= 11 is 0. The van der Waals surface area contributed by atoms with Crippen molar-refractivity contribution in [2.75, 3.05) is 49.1 Å². The van der Waals surface area contributed by atoms with Crippen LogP contribution >= 0.6 is 0 Å². The number of hydrogen-bond acceptors (Lipinski definition) is 6. The molecule has 2 fully saturated rings. The van der Waals surface area contributed by atoms with Gasteiger partial charge in [0.25, 0.3) is 11.3 Å². The van der Waals surface area contributed by atoms with Gasteiger partial charge in [0, 0.05) is 39.6 Å². The average Bonchev–Trinajstić information content (AvgIpc) is 3.06. The molecule has 146 valence electrons. The Bertz CT molecular complexity index is 916. The molecular formula is C17H24FN7O2. The van der Waals surface area contributed by atoms with E-state index in [0.717, 1.165) is 6.42 Å². The van der Waals surface area contributed by atoms with Crippen molar-refractivity contribution in [1.82, 2.24) is 24.5 Å². The van der Waals surface area contributed by atoms with Crippen molar-refractivity contribution in [3.05, 3.63) is 16.0 Å². The number of carbonyl (C=O) groups excluding carboxylic acids is 1. The van der Waals surface area contributed by atoms with Crippen molar-refractivity contribution in [3.63, 3.8) is 0 Å². The molecule has 0 spiro atoms. The number of aryl methyl sites for hydroxylation is 1. The Morgan fingerprint density at radius 2 is 1.89 bits per heavy atom. The molecule has 0 aliphatic carbocycles. The molecule has 10 heteroatoms. The topological polar surface area (TPSA) is 89.8 Å². The van der Waals surface area contributed by atoms with E-state index in [1.807, 2.05) is 9.80 Å². The quantitative estimate of drug-likeness (QED) is 0.811. The number of aromatic amines is 1. The Kier molecular flexibility index (Phi) is 4.48. The summed E-state index contributed by atoms with van der Waals surface area (Å²) in [5.74, 6) is 0.807. The predicted octanol–water partition coefficient (Wildman–Crippen LogP) is 0.333. The highest BCUT2D eigenvalue weighted by molar-refractivity contribution is 5.73. The van der Waals surface area contributed by atoms with Crippen LogP contribution in [0.1, 0.15) is 25.5 Å². The minimum atomic E-state index is -0.883. The maximum absolute atomic E-state index is 13.7. The third kappa shape index (κ3) is 3.24. The number of nitrogens with one attached hydrogen (secondary N) is 1. The molecule has 0 saturated carbocycles. The molecule has 2 aliphatic rings. The molecule has 2 aromatic heterocycles. The minimum Gasteiger partial charge on any atom is -0.362 e. The number of amides is 1. The molecule has 2 aromatic rings. The van der Waals surface area contributed by atoms with E-state index in [0.29, 0.717) is 62.3 Å². The number of anilines is 2. The number of piperazine rings is 1. The number of carbonyl (C=O) groups is 1. The van der Waals surface area contributed by atoms with Crippen LogP contribution in [0.25, 0.3) is 5.78 Å². The fraction of sp³-hybridized carbons (Fsp3) is 0.647. The van der Waals surface area contributed by atoms with Crippen molar-refractivity contribution in [2.24, 2.45) is 0 Å². The lowest BCUT2D eigenvalue weighted by atomic mass is 10.1. The van der Waals surface area contributed by atoms with Gasteiger partial charge in [-0.15, -0.1) is 0 Å². The third-order valence-corrected chi connectivity index (χ3v) is 5.34. The van der Waals surface area contributed by atoms with E-state index in [9.17, 15) is 14.0 Å². The van der Waals surface area contributed by atoms with Gasteiger partial charge in [-0.2, -0.15) is 9.50 Å². The zero-order valence-corrected chi connectivity index (χ0v) is 15.6. The molecular weight excluding hydrogens is 353 g/mol. The highest BCUT2D eigenvalue weighted by Gasteiger charge is 2.26. The highest BCUT2D eigenvalue weighted by Crippen LogP contribution is 2.20. The van der Waals surface area contributed by atoms with Crippen molar-refractivity contribution in [3.8, 4) is 0 Å². The molecule has 1 N–H and O–H groups in total. The summed E-state index contributed by atoms with van der Waals surface area (Å²) in [6, 6.07) is 0. The zero-order valence-electron chi connectivity index (χ0n) is 15.6. The van der Waals surface area contributed by atoms with Gasteiger partial charge in [0.15, 0.2) is 0 Å². The van der Waals surface area contributed by atoms with Crippen molar-refractivity contribution in [2.45, 2.75) is 32.9 Å². The molecule has 4 heterocycles. The Balaban J connectivity index is 1.65. The molecule has 9 nitrogen and oxygen atoms in total. The number of H-pyrrole nitrogens is 1. The summed E-state index contributed by atoms with van der Waals surface area (Å²) in [4.78, 5) is 39.0. The standard InChI is InChI=1S/C17H24FN7O2/c1-11-14(23-8-6-22(7-9-23)12(2)26)15(27)25-16(19-11)20-17(21-25)24-5-3-4-13(18)10-24/h13H,3-10H2,1-2H3,(H,19,20,21). The van der Waals surface area contributed by atoms with Crippen LogP contribution in [-0.4, -0.2) is 75.8 Å². The lowest BCUT2D eigenvalue weighted by Gasteiger charge is -2.35. The fourth-order valence-corrected chi connectivity index (χ4v) is 3.87. The molecule has 27 heavy (non-hydrogen) atoms. The van der Waals surface area contributed by atoms with Crippen LogP contribution < -0.4 is 15.4 Å². The van der Waals surface area contributed by atoms with Crippen LogP contribution in [0, 0.1) is 6.92 Å². The maximum Gasteiger partial charge on any atom is 0.297 e. The summed E-state index contributed by atoms with van der Waals surface area (Å²) in [6.45, 7) is 6.65. The molecule has 0 aromatic carbocycles. The summed E-state index contributed by atoms with van der Waals surface area (Å²) < 4.78 is 15.0. The van der Waals surface area contributed by atoms with E-state index in [4.69, 9.17) is 0 Å². The second-order valence-corrected chi connectivity index (χ2v) is 7.21. The van der Waals surface area contributed by atoms with Gasteiger partial charge in [0.1, 0.15) is 11.9 Å². The Morgan fingerprint density at radius 3 is 2.56 bits per heavy atom. The second-order valence-electron chi connectivity index (χ2n) is 7.21. The molecule has 1 atom stereocenters. The van der Waals surface area contributed by atoms with Crippen molar-refractivity contribution < 1.29 is 9.18 Å². The minimum absolute atomic E-state index is 0.0441. The average molecular weight is 377 g/mol. The summed E-state index contributed by atoms with van der Waals surface area (Å²) in [6.07, 6.45) is 0.432. The largest absolute Gasteiger partial charge is 0.362 e. The Hall–Kier alpha value is -2.65. The van der Waals surface area contributed by atoms with E-state index in [-0.39, 0.29) is 18.0 Å². The summed E-state index contributed by atoms with van der Waals surface area (Å²) in [5, 5.41) is 2.99. The molecule has 2 aliphatic heterocycles. The zero-order chi connectivity index (χ0) is 19.1. The molecule has 0 radical (unpaired) electrons. The second kappa shape index (κ2) is 6.82. The van der Waals surface area contributed by atoms with Gasteiger partial charge in [-0.25, -0.2) is 9.37 Å². The van der Waals surface area contributed by atoms with E-state index >= 15 is 0 Å². The molecule has 2 saturated heterocycles. The number of nitrogens with zero attached hydrogens (tertiary/aromatic N) is 6. The van der Waals surface area contributed by atoms with Gasteiger partial charge in [0.2, 0.25) is 11.9 Å². The van der Waals surface area contributed by atoms with E-state index in [1.165, 1.54) is 4.52 Å². The lowest BCUT2D eigenvalue weighted by molar-refractivity contribution is -0.129. The first kappa shape index (κ1) is 17.7. The summed E-state index contributed by atoms with van der Waals surface area (Å²) in [5.41, 5.74) is 0.908. The summed E-state index contributed by atoms with van der Waals surface area (Å²) in [7, 11) is 0. The number of fused-ring (bicyclic) bond motifs is 1. The van der Waals surface area contributed by atoms with Crippen LogP contribution in [-0.2, 0) is 4.79 Å². The number of alkyl halides is 1. The van der Waals surface area contributed by atoms with Gasteiger partial charge in [-0.1, -0.05) is 0 Å². The van der Waals surface area contributed by atoms with Crippen LogP contribution in [0.15, 0.2) is 4.79 Å². The smallest absolute Gasteiger partial charge is 0.297 e. The van der Waals surface area contributed by atoms with Gasteiger partial charge < -0.3 is 14.7 Å². The number of aromatic nitrogens is 4. The Morgan fingerprint density at radius 1 is 1.15 bits per heavy atom. The van der Waals surface area contributed by atoms with Crippen molar-refractivity contribution in [1.29, 1.82) is 0 Å². The first-order valence-corrected chi connectivity index (χ1v) is 9.33. The highest BCUT2D eigenvalue weighted by atomic mass is 19.1. The fourth-order valence-electron chi connectivity index (χ4n) is 3.87. The third-order valence-electron chi connectivity index (χ3n) is 5.34. The van der Waals surface area contributed by atoms with Crippen LogP contribution in [0.2, 0.25) is 0 Å². The van der Waals surface area contributed by atoms with Crippen LogP contribution in [0.3, 0.4) is 0 Å². The van der Waals surface area contributed by atoms with Gasteiger partial charge in [-0.3, -0.25) is 14.7 Å². The number of hydrogen-bond donors (Lipinski definition) is 1. The normalized spacial score (nSPS) is 21.1. The first-order valence-electron chi connectivity index (χ1n) is 9.33. The van der Waals surface area contributed by atoms with Gasteiger partial charge in [-0.05, 0) is 19.8 Å². The van der Waals surface area contributed by atoms with E-state index in [1.54, 1.807) is 18.7 Å². The van der Waals surface area contributed by atoms with Crippen LogP contribution in [0.4, 0.5) is 16.0 Å².